The number of hydrogen-bond acceptors (Lipinski definition) is 1. The van der Waals surface area contributed by atoms with Crippen molar-refractivity contribution < 1.29 is 4.79 Å². The Morgan fingerprint density at radius 3 is 2.81 bits per heavy atom. The van der Waals surface area contributed by atoms with Gasteiger partial charge in [-0.15, -0.1) is 0 Å². The van der Waals surface area contributed by atoms with E-state index in [4.69, 9.17) is 0 Å². The number of allylic oxidation sites excluding steroid dienone is 2. The van der Waals surface area contributed by atoms with Crippen LogP contribution in [0.25, 0.3) is 0 Å². The van der Waals surface area contributed by atoms with Crippen LogP contribution in [-0.2, 0) is 23.1 Å². The van der Waals surface area contributed by atoms with E-state index in [9.17, 15) is 4.79 Å². The smallest absolute Gasteiger partial charge is 0.138 e. The Kier molecular flexibility index (Phi) is 2.89. The molecule has 2 bridgehead atoms. The fourth-order valence-electron chi connectivity index (χ4n) is 5.08. The second-order valence-electron chi connectivity index (χ2n) is 7.77. The van der Waals surface area contributed by atoms with Crippen LogP contribution in [-0.4, -0.2) is 5.78 Å². The van der Waals surface area contributed by atoms with Gasteiger partial charge >= 0.3 is 0 Å². The lowest BCUT2D eigenvalue weighted by atomic mass is 9.61. The van der Waals surface area contributed by atoms with Crippen molar-refractivity contribution in [1.82, 2.24) is 0 Å². The van der Waals surface area contributed by atoms with E-state index in [1.165, 1.54) is 29.5 Å². The molecule has 1 aromatic rings. The molecule has 0 N–H and O–H groups in total. The molecule has 0 aromatic heterocycles. The lowest BCUT2D eigenvalue weighted by Gasteiger charge is -2.41. The lowest BCUT2D eigenvalue weighted by molar-refractivity contribution is -0.120. The zero-order valence-electron chi connectivity index (χ0n) is 13.1. The summed E-state index contributed by atoms with van der Waals surface area (Å²) in [5.74, 6) is 1.80. The summed E-state index contributed by atoms with van der Waals surface area (Å²) in [7, 11) is 0. The zero-order valence-corrected chi connectivity index (χ0v) is 13.1. The van der Waals surface area contributed by atoms with Crippen LogP contribution >= 0.6 is 0 Å². The van der Waals surface area contributed by atoms with Crippen LogP contribution in [0.15, 0.2) is 29.8 Å². The van der Waals surface area contributed by atoms with Crippen molar-refractivity contribution in [2.75, 3.05) is 0 Å². The van der Waals surface area contributed by atoms with Gasteiger partial charge in [-0.25, -0.2) is 0 Å². The summed E-state index contributed by atoms with van der Waals surface area (Å²) in [6.45, 7) is 4.53. The van der Waals surface area contributed by atoms with E-state index >= 15 is 0 Å². The Labute approximate surface area is 127 Å². The number of rotatable bonds is 2. The molecule has 3 aliphatic rings. The van der Waals surface area contributed by atoms with Crippen LogP contribution in [0.1, 0.15) is 56.2 Å². The van der Waals surface area contributed by atoms with Crippen molar-refractivity contribution in [3.63, 3.8) is 0 Å². The molecule has 0 radical (unpaired) electrons. The van der Waals surface area contributed by atoms with Gasteiger partial charge in [-0.2, -0.15) is 0 Å². The van der Waals surface area contributed by atoms with E-state index in [0.29, 0.717) is 24.0 Å². The highest BCUT2D eigenvalue weighted by atomic mass is 16.1. The monoisotopic (exact) mass is 280 g/mol. The average molecular weight is 280 g/mol. The molecule has 0 saturated heterocycles. The first-order valence-electron chi connectivity index (χ1n) is 8.39. The van der Waals surface area contributed by atoms with Crippen molar-refractivity contribution in [2.24, 2.45) is 11.8 Å². The Balaban J connectivity index is 1.85. The Bertz CT molecular complexity index is 637. The number of carbonyl (C=O) groups excluding carboxylic acids is 1. The molecule has 2 unspecified atom stereocenters. The second kappa shape index (κ2) is 4.56. The standard InChI is InChI=1S/C20H24O/c1-13(2)8-15-4-3-5-19-18(15)10-17(21)12-20(19)11-14-6-7-16(20)9-14/h3-6,13,16H,7-12H2,1-2H3. The number of ketones is 1. The zero-order chi connectivity index (χ0) is 14.6. The molecule has 1 heteroatoms. The number of benzene rings is 1. The van der Waals surface area contributed by atoms with E-state index in [-0.39, 0.29) is 5.41 Å². The summed E-state index contributed by atoms with van der Waals surface area (Å²) >= 11 is 0. The van der Waals surface area contributed by atoms with Gasteiger partial charge in [0.05, 0.1) is 0 Å². The fourth-order valence-corrected chi connectivity index (χ4v) is 5.08. The van der Waals surface area contributed by atoms with Crippen molar-refractivity contribution in [3.8, 4) is 0 Å². The maximum Gasteiger partial charge on any atom is 0.138 e. The predicted molar refractivity (Wildman–Crippen MR) is 85.4 cm³/mol. The summed E-state index contributed by atoms with van der Waals surface area (Å²) in [5, 5.41) is 0. The highest BCUT2D eigenvalue weighted by Crippen LogP contribution is 2.58. The molecule has 0 heterocycles. The topological polar surface area (TPSA) is 17.1 Å². The SMILES string of the molecule is CC(C)Cc1cccc2c1CC(=O)CC21CC2=CCC1C2. The van der Waals surface area contributed by atoms with Crippen LogP contribution in [0.5, 0.6) is 0 Å². The second-order valence-corrected chi connectivity index (χ2v) is 7.77. The van der Waals surface area contributed by atoms with Crippen LogP contribution in [0.3, 0.4) is 0 Å². The van der Waals surface area contributed by atoms with Gasteiger partial charge in [-0.1, -0.05) is 43.7 Å². The van der Waals surface area contributed by atoms with Gasteiger partial charge in [0.2, 0.25) is 0 Å². The van der Waals surface area contributed by atoms with E-state index in [1.54, 1.807) is 5.57 Å². The van der Waals surface area contributed by atoms with Crippen molar-refractivity contribution in [1.29, 1.82) is 0 Å². The molecule has 0 aliphatic heterocycles. The highest BCUT2D eigenvalue weighted by molar-refractivity contribution is 5.86. The maximum atomic E-state index is 12.5. The van der Waals surface area contributed by atoms with Crippen molar-refractivity contribution in [3.05, 3.63) is 46.5 Å². The summed E-state index contributed by atoms with van der Waals surface area (Å²) in [4.78, 5) is 12.5. The lowest BCUT2D eigenvalue weighted by Crippen LogP contribution is -2.39. The third-order valence-corrected chi connectivity index (χ3v) is 5.85. The number of hydrogen-bond donors (Lipinski definition) is 0. The largest absolute Gasteiger partial charge is 0.299 e. The van der Waals surface area contributed by atoms with E-state index < -0.39 is 0 Å². The van der Waals surface area contributed by atoms with Gasteiger partial charge in [-0.3, -0.25) is 4.79 Å². The first-order valence-corrected chi connectivity index (χ1v) is 8.39. The highest BCUT2D eigenvalue weighted by Gasteiger charge is 2.52. The number of Topliss-reactive ketones (excluding diaryl/α,β-unsaturated/α-hetero) is 1. The first kappa shape index (κ1) is 13.3. The molecule has 1 aromatic carbocycles. The Morgan fingerprint density at radius 2 is 2.14 bits per heavy atom. The number of carbonyl (C=O) groups is 1. The molecule has 0 amide bonds. The molecule has 110 valence electrons. The van der Waals surface area contributed by atoms with Gasteiger partial charge in [-0.05, 0) is 54.2 Å². The summed E-state index contributed by atoms with van der Waals surface area (Å²) in [6, 6.07) is 6.80. The minimum atomic E-state index is 0.155. The molecule has 21 heavy (non-hydrogen) atoms. The molecular formula is C20H24O. The van der Waals surface area contributed by atoms with Gasteiger partial charge in [0.25, 0.3) is 0 Å². The maximum absolute atomic E-state index is 12.5. The van der Waals surface area contributed by atoms with Gasteiger partial charge in [0.1, 0.15) is 5.78 Å². The van der Waals surface area contributed by atoms with Crippen LogP contribution in [0.2, 0.25) is 0 Å². The molecular weight excluding hydrogens is 256 g/mol. The number of fused-ring (bicyclic) bond motifs is 5. The average Bonchev–Trinajstić information content (AvgIpc) is 3.00. The fraction of sp³-hybridized carbons (Fsp3) is 0.550. The first-order chi connectivity index (χ1) is 10.1. The molecule has 1 saturated carbocycles. The third kappa shape index (κ3) is 1.93. The summed E-state index contributed by atoms with van der Waals surface area (Å²) in [6.07, 6.45) is 8.55. The van der Waals surface area contributed by atoms with Crippen molar-refractivity contribution >= 4 is 5.78 Å². The van der Waals surface area contributed by atoms with Crippen molar-refractivity contribution in [2.45, 2.75) is 57.8 Å². The molecule has 1 fully saturated rings. The van der Waals surface area contributed by atoms with Gasteiger partial charge in [0, 0.05) is 18.3 Å². The molecule has 4 rings (SSSR count). The molecule has 1 nitrogen and oxygen atoms in total. The third-order valence-electron chi connectivity index (χ3n) is 5.85. The minimum Gasteiger partial charge on any atom is -0.299 e. The van der Waals surface area contributed by atoms with Crippen LogP contribution < -0.4 is 0 Å². The normalized spacial score (nSPS) is 30.1. The Morgan fingerprint density at radius 1 is 1.29 bits per heavy atom. The summed E-state index contributed by atoms with van der Waals surface area (Å²) in [5.41, 5.74) is 6.09. The Hall–Kier alpha value is -1.37. The predicted octanol–water partition coefficient (Wildman–Crippen LogP) is 4.38. The quantitative estimate of drug-likeness (QED) is 0.735. The van der Waals surface area contributed by atoms with Crippen LogP contribution in [0, 0.1) is 11.8 Å². The van der Waals surface area contributed by atoms with E-state index in [1.807, 2.05) is 0 Å². The molecule has 1 spiro atoms. The van der Waals surface area contributed by atoms with Crippen LogP contribution in [0.4, 0.5) is 0 Å². The molecule has 2 atom stereocenters. The van der Waals surface area contributed by atoms with Gasteiger partial charge in [0.15, 0.2) is 0 Å². The van der Waals surface area contributed by atoms with E-state index in [0.717, 1.165) is 19.3 Å². The molecule has 3 aliphatic carbocycles. The van der Waals surface area contributed by atoms with Gasteiger partial charge < -0.3 is 0 Å². The summed E-state index contributed by atoms with van der Waals surface area (Å²) < 4.78 is 0. The minimum absolute atomic E-state index is 0.155. The van der Waals surface area contributed by atoms with E-state index in [2.05, 4.69) is 38.1 Å².